The van der Waals surface area contributed by atoms with E-state index >= 15 is 0 Å². The van der Waals surface area contributed by atoms with Crippen LogP contribution in [0.5, 0.6) is 0 Å². The number of allylic oxidation sites excluding steroid dienone is 4. The van der Waals surface area contributed by atoms with Crippen molar-refractivity contribution in [1.82, 2.24) is 4.90 Å². The molecule has 5 rings (SSSR count). The molecule has 1 unspecified atom stereocenters. The van der Waals surface area contributed by atoms with Gasteiger partial charge in [0.2, 0.25) is 0 Å². The van der Waals surface area contributed by atoms with E-state index in [1.54, 1.807) is 11.3 Å². The van der Waals surface area contributed by atoms with Crippen molar-refractivity contribution < 1.29 is 9.53 Å². The predicted octanol–water partition coefficient (Wildman–Crippen LogP) is 3.59. The largest absolute Gasteiger partial charge is 0.450 e. The maximum Gasteiger partial charge on any atom is 0.325 e. The first-order valence-corrected chi connectivity index (χ1v) is 9.70. The third-order valence-corrected chi connectivity index (χ3v) is 6.84. The summed E-state index contributed by atoms with van der Waals surface area (Å²) < 4.78 is 6.19. The van der Waals surface area contributed by atoms with Gasteiger partial charge < -0.3 is 4.74 Å². The fourth-order valence-electron chi connectivity index (χ4n) is 4.93. The average molecular weight is 339 g/mol. The van der Waals surface area contributed by atoms with E-state index in [-0.39, 0.29) is 5.97 Å². The standard InChI is InChI=1S/C20H21NO2S/c1-14-5-6-16-19(9-7-14,15-8-11-24-12-15)18(22)23-20(16)13-21-10-3-2-4-17(20)21/h5-9,11-12,17H,2-4,10,13H2,1H3/t17-,19?,20+/m0/s1. The molecule has 3 saturated heterocycles. The van der Waals surface area contributed by atoms with Crippen LogP contribution < -0.4 is 0 Å². The Balaban J connectivity index is 1.69. The minimum Gasteiger partial charge on any atom is -0.450 e. The number of carbonyl (C=O) groups is 1. The number of fused-ring (bicyclic) bond motifs is 4. The summed E-state index contributed by atoms with van der Waals surface area (Å²) in [5, 5.41) is 4.14. The predicted molar refractivity (Wildman–Crippen MR) is 95.0 cm³/mol. The molecule has 0 N–H and O–H groups in total. The fraction of sp³-hybridized carbons (Fsp3) is 0.450. The molecule has 0 saturated carbocycles. The summed E-state index contributed by atoms with van der Waals surface area (Å²) in [6.45, 7) is 4.07. The number of carbonyl (C=O) groups excluding carboxylic acids is 1. The Kier molecular flexibility index (Phi) is 3.01. The number of hydrogen-bond donors (Lipinski definition) is 0. The summed E-state index contributed by atoms with van der Waals surface area (Å²) in [5.41, 5.74) is 2.21. The number of piperidine rings is 1. The number of nitrogens with zero attached hydrogens (tertiary/aromatic N) is 1. The average Bonchev–Trinajstić information content (AvgIpc) is 3.13. The molecule has 3 nitrogen and oxygen atoms in total. The molecule has 4 heteroatoms. The van der Waals surface area contributed by atoms with Gasteiger partial charge in [-0.25, -0.2) is 0 Å². The van der Waals surface area contributed by atoms with Crippen molar-refractivity contribution in [3.8, 4) is 0 Å². The molecular weight excluding hydrogens is 318 g/mol. The van der Waals surface area contributed by atoms with Gasteiger partial charge in [0, 0.05) is 12.1 Å². The van der Waals surface area contributed by atoms with Crippen LogP contribution in [0.15, 0.2) is 52.3 Å². The zero-order valence-electron chi connectivity index (χ0n) is 13.8. The van der Waals surface area contributed by atoms with Crippen LogP contribution in [0.4, 0.5) is 0 Å². The second kappa shape index (κ2) is 4.93. The topological polar surface area (TPSA) is 29.5 Å². The molecule has 4 aliphatic rings. The van der Waals surface area contributed by atoms with Gasteiger partial charge in [-0.3, -0.25) is 9.69 Å². The summed E-state index contributed by atoms with van der Waals surface area (Å²) in [7, 11) is 0. The van der Waals surface area contributed by atoms with Crippen LogP contribution in [-0.4, -0.2) is 35.6 Å². The molecule has 0 radical (unpaired) electrons. The molecule has 0 bridgehead atoms. The Hall–Kier alpha value is -1.65. The SMILES string of the molecule is CC1=CC=C2C(c3ccsc3)(C=C1)C(=O)O[C@]21CN2CCCC[C@H]21. The van der Waals surface area contributed by atoms with Crippen LogP contribution in [0, 0.1) is 0 Å². The Labute approximate surface area is 146 Å². The van der Waals surface area contributed by atoms with Gasteiger partial charge in [0.05, 0.1) is 6.04 Å². The molecule has 0 aromatic carbocycles. The highest BCUT2D eigenvalue weighted by Crippen LogP contribution is 2.57. The molecule has 3 fully saturated rings. The maximum atomic E-state index is 13.2. The van der Waals surface area contributed by atoms with Crippen LogP contribution in [0.25, 0.3) is 0 Å². The number of thiophene rings is 1. The normalized spacial score (nSPS) is 37.9. The Morgan fingerprint density at radius 2 is 2.25 bits per heavy atom. The lowest BCUT2D eigenvalue weighted by Crippen LogP contribution is -2.71. The molecule has 0 amide bonds. The molecule has 3 atom stereocenters. The Morgan fingerprint density at radius 3 is 3.04 bits per heavy atom. The summed E-state index contributed by atoms with van der Waals surface area (Å²) in [4.78, 5) is 15.7. The zero-order valence-corrected chi connectivity index (χ0v) is 14.6. The molecule has 4 heterocycles. The van der Waals surface area contributed by atoms with E-state index in [2.05, 4.69) is 47.6 Å². The van der Waals surface area contributed by atoms with E-state index in [0.29, 0.717) is 6.04 Å². The fourth-order valence-corrected chi connectivity index (χ4v) is 5.64. The van der Waals surface area contributed by atoms with E-state index in [1.807, 2.05) is 5.38 Å². The first-order chi connectivity index (χ1) is 11.7. The summed E-state index contributed by atoms with van der Waals surface area (Å²) in [5.74, 6) is -0.100. The summed E-state index contributed by atoms with van der Waals surface area (Å²) in [6, 6.07) is 2.42. The van der Waals surface area contributed by atoms with Crippen molar-refractivity contribution in [2.24, 2.45) is 0 Å². The Bertz CT molecular complexity index is 791. The third kappa shape index (κ3) is 1.68. The van der Waals surface area contributed by atoms with Gasteiger partial charge in [-0.1, -0.05) is 36.3 Å². The molecule has 1 aliphatic carbocycles. The minimum atomic E-state index is -0.738. The van der Waals surface area contributed by atoms with Gasteiger partial charge in [0.1, 0.15) is 5.41 Å². The van der Waals surface area contributed by atoms with Gasteiger partial charge in [-0.2, -0.15) is 11.3 Å². The molecule has 24 heavy (non-hydrogen) atoms. The Morgan fingerprint density at radius 1 is 1.33 bits per heavy atom. The maximum absolute atomic E-state index is 13.2. The lowest BCUT2D eigenvalue weighted by atomic mass is 9.64. The quantitative estimate of drug-likeness (QED) is 0.732. The smallest absolute Gasteiger partial charge is 0.325 e. The molecule has 1 spiro atoms. The monoisotopic (exact) mass is 339 g/mol. The number of hydrogen-bond acceptors (Lipinski definition) is 4. The van der Waals surface area contributed by atoms with Gasteiger partial charge >= 0.3 is 5.97 Å². The molecule has 1 aromatic rings. The number of esters is 1. The highest BCUT2D eigenvalue weighted by molar-refractivity contribution is 7.08. The van der Waals surface area contributed by atoms with Gasteiger partial charge in [0.15, 0.2) is 5.60 Å². The third-order valence-electron chi connectivity index (χ3n) is 6.15. The molecule has 1 aromatic heterocycles. The van der Waals surface area contributed by atoms with Crippen molar-refractivity contribution in [3.63, 3.8) is 0 Å². The summed E-state index contributed by atoms with van der Waals surface area (Å²) in [6.07, 6.45) is 12.1. The molecule has 3 aliphatic heterocycles. The van der Waals surface area contributed by atoms with E-state index in [9.17, 15) is 4.79 Å². The second-order valence-electron chi connectivity index (χ2n) is 7.41. The lowest BCUT2D eigenvalue weighted by Gasteiger charge is -2.57. The van der Waals surface area contributed by atoms with Gasteiger partial charge in [-0.15, -0.1) is 0 Å². The van der Waals surface area contributed by atoms with E-state index in [0.717, 1.165) is 30.6 Å². The van der Waals surface area contributed by atoms with Crippen LogP contribution in [0.3, 0.4) is 0 Å². The highest BCUT2D eigenvalue weighted by Gasteiger charge is 2.69. The van der Waals surface area contributed by atoms with E-state index < -0.39 is 11.0 Å². The van der Waals surface area contributed by atoms with Crippen molar-refractivity contribution in [2.75, 3.05) is 13.1 Å². The lowest BCUT2D eigenvalue weighted by molar-refractivity contribution is -0.180. The molecular formula is C20H21NO2S. The van der Waals surface area contributed by atoms with Crippen LogP contribution >= 0.6 is 11.3 Å². The van der Waals surface area contributed by atoms with Crippen LogP contribution in [0.2, 0.25) is 0 Å². The van der Waals surface area contributed by atoms with Crippen molar-refractivity contribution in [1.29, 1.82) is 0 Å². The van der Waals surface area contributed by atoms with Crippen LogP contribution in [0.1, 0.15) is 31.7 Å². The zero-order chi connectivity index (χ0) is 16.4. The summed E-state index contributed by atoms with van der Waals surface area (Å²) >= 11 is 1.64. The van der Waals surface area contributed by atoms with Gasteiger partial charge in [-0.05, 0) is 48.7 Å². The second-order valence-corrected chi connectivity index (χ2v) is 8.19. The molecule has 124 valence electrons. The van der Waals surface area contributed by atoms with Crippen LogP contribution in [-0.2, 0) is 14.9 Å². The number of rotatable bonds is 1. The van der Waals surface area contributed by atoms with E-state index in [1.165, 1.54) is 18.4 Å². The first-order valence-electron chi connectivity index (χ1n) is 8.76. The minimum absolute atomic E-state index is 0.100. The number of ether oxygens (including phenoxy) is 1. The first kappa shape index (κ1) is 14.7. The van der Waals surface area contributed by atoms with E-state index in [4.69, 9.17) is 4.74 Å². The van der Waals surface area contributed by atoms with Crippen molar-refractivity contribution in [3.05, 3.63) is 57.8 Å². The van der Waals surface area contributed by atoms with Crippen molar-refractivity contribution >= 4 is 17.3 Å². The van der Waals surface area contributed by atoms with Gasteiger partial charge in [0.25, 0.3) is 0 Å². The highest BCUT2D eigenvalue weighted by atomic mass is 32.1. The van der Waals surface area contributed by atoms with Crippen molar-refractivity contribution in [2.45, 2.75) is 43.2 Å².